The third-order valence-corrected chi connectivity index (χ3v) is 3.72. The van der Waals surface area contributed by atoms with Crippen molar-refractivity contribution in [2.75, 3.05) is 7.11 Å². The number of rotatable bonds is 4. The Kier molecular flexibility index (Phi) is 3.63. The highest BCUT2D eigenvalue weighted by Crippen LogP contribution is 2.28. The highest BCUT2D eigenvalue weighted by molar-refractivity contribution is 6.00. The zero-order chi connectivity index (χ0) is 15.7. The van der Waals surface area contributed by atoms with E-state index < -0.39 is 0 Å². The smallest absolute Gasteiger partial charge is 0.268 e. The molecule has 0 fully saturated rings. The number of amides is 1. The van der Waals surface area contributed by atoms with Crippen molar-refractivity contribution in [3.8, 4) is 5.75 Å². The fourth-order valence-corrected chi connectivity index (χ4v) is 2.57. The van der Waals surface area contributed by atoms with Gasteiger partial charge in [0.1, 0.15) is 23.0 Å². The molecule has 1 N–H and O–H groups in total. The molecule has 22 heavy (non-hydrogen) atoms. The molecule has 0 saturated carbocycles. The molecular weight excluding hydrogens is 280 g/mol. The molecule has 0 atom stereocenters. The van der Waals surface area contributed by atoms with E-state index in [-0.39, 0.29) is 5.91 Å². The maximum Gasteiger partial charge on any atom is 0.268 e. The molecule has 5 heteroatoms. The molecule has 0 aliphatic rings. The maximum absolute atomic E-state index is 12.4. The Bertz CT molecular complexity index is 830. The van der Waals surface area contributed by atoms with E-state index in [1.54, 1.807) is 7.11 Å². The lowest BCUT2D eigenvalue weighted by Gasteiger charge is -2.05. The number of carbonyl (C=O) groups is 1. The lowest BCUT2D eigenvalue weighted by Crippen LogP contribution is -2.24. The van der Waals surface area contributed by atoms with Crippen LogP contribution >= 0.6 is 0 Å². The van der Waals surface area contributed by atoms with Gasteiger partial charge in [-0.05, 0) is 37.3 Å². The summed E-state index contributed by atoms with van der Waals surface area (Å²) in [4.78, 5) is 12.4. The van der Waals surface area contributed by atoms with Crippen LogP contribution in [0.15, 0.2) is 40.8 Å². The van der Waals surface area contributed by atoms with Crippen LogP contribution in [0.5, 0.6) is 5.75 Å². The molecule has 3 rings (SSSR count). The van der Waals surface area contributed by atoms with Crippen LogP contribution in [0.4, 0.5) is 0 Å². The number of aromatic nitrogens is 1. The van der Waals surface area contributed by atoms with Crippen LogP contribution < -0.4 is 10.1 Å². The molecule has 1 amide bonds. The Balaban J connectivity index is 1.86. The Morgan fingerprint density at radius 3 is 2.82 bits per heavy atom. The van der Waals surface area contributed by atoms with Crippen molar-refractivity contribution in [1.82, 2.24) is 9.88 Å². The van der Waals surface area contributed by atoms with E-state index in [4.69, 9.17) is 9.15 Å². The number of aryl methyl sites for hydroxylation is 2. The standard InChI is InChI=1S/C17H18N2O3/c1-11-7-8-12(22-11)10-18-17(20)15-9-13-14(19(15)2)5-4-6-16(13)21-3/h4-9H,10H2,1-3H3,(H,18,20). The quantitative estimate of drug-likeness (QED) is 0.805. The van der Waals surface area contributed by atoms with Gasteiger partial charge in [-0.1, -0.05) is 6.07 Å². The summed E-state index contributed by atoms with van der Waals surface area (Å²) in [5.74, 6) is 2.18. The topological polar surface area (TPSA) is 56.4 Å². The molecular formula is C17H18N2O3. The number of ether oxygens (including phenoxy) is 1. The second-order valence-electron chi connectivity index (χ2n) is 5.18. The number of furan rings is 1. The first kappa shape index (κ1) is 14.3. The number of nitrogens with zero attached hydrogens (tertiary/aromatic N) is 1. The number of methoxy groups -OCH3 is 1. The van der Waals surface area contributed by atoms with Gasteiger partial charge in [-0.15, -0.1) is 0 Å². The first-order chi connectivity index (χ1) is 10.6. The van der Waals surface area contributed by atoms with Crippen LogP contribution in [-0.2, 0) is 13.6 Å². The molecule has 0 radical (unpaired) electrons. The van der Waals surface area contributed by atoms with Gasteiger partial charge in [-0.3, -0.25) is 4.79 Å². The van der Waals surface area contributed by atoms with Gasteiger partial charge < -0.3 is 19.0 Å². The van der Waals surface area contributed by atoms with E-state index in [9.17, 15) is 4.79 Å². The molecule has 5 nitrogen and oxygen atoms in total. The lowest BCUT2D eigenvalue weighted by atomic mass is 10.2. The van der Waals surface area contributed by atoms with Crippen molar-refractivity contribution in [2.45, 2.75) is 13.5 Å². The second-order valence-corrected chi connectivity index (χ2v) is 5.18. The third-order valence-electron chi connectivity index (χ3n) is 3.72. The van der Waals surface area contributed by atoms with Crippen LogP contribution in [0, 0.1) is 6.92 Å². The first-order valence-corrected chi connectivity index (χ1v) is 7.06. The molecule has 3 aromatic rings. The van der Waals surface area contributed by atoms with Crippen molar-refractivity contribution >= 4 is 16.8 Å². The maximum atomic E-state index is 12.4. The van der Waals surface area contributed by atoms with E-state index >= 15 is 0 Å². The fraction of sp³-hybridized carbons (Fsp3) is 0.235. The summed E-state index contributed by atoms with van der Waals surface area (Å²) in [7, 11) is 3.49. The van der Waals surface area contributed by atoms with E-state index in [1.807, 2.05) is 54.9 Å². The SMILES string of the molecule is COc1cccc2c1cc(C(=O)NCc1ccc(C)o1)n2C. The molecule has 1 aromatic carbocycles. The molecule has 0 aliphatic carbocycles. The van der Waals surface area contributed by atoms with Crippen LogP contribution in [0.1, 0.15) is 22.0 Å². The number of benzene rings is 1. The number of nitrogens with one attached hydrogen (secondary N) is 1. The van der Waals surface area contributed by atoms with Gasteiger partial charge in [-0.2, -0.15) is 0 Å². The Hall–Kier alpha value is -2.69. The van der Waals surface area contributed by atoms with Crippen molar-refractivity contribution in [1.29, 1.82) is 0 Å². The Morgan fingerprint density at radius 1 is 1.32 bits per heavy atom. The summed E-state index contributed by atoms with van der Waals surface area (Å²) >= 11 is 0. The minimum absolute atomic E-state index is 0.144. The number of hydrogen-bond donors (Lipinski definition) is 1. The van der Waals surface area contributed by atoms with E-state index in [0.29, 0.717) is 12.2 Å². The van der Waals surface area contributed by atoms with Crippen molar-refractivity contribution in [3.05, 3.63) is 53.6 Å². The van der Waals surface area contributed by atoms with Crippen molar-refractivity contribution < 1.29 is 13.9 Å². The van der Waals surface area contributed by atoms with E-state index in [1.165, 1.54) is 0 Å². The summed E-state index contributed by atoms with van der Waals surface area (Å²) < 4.78 is 12.7. The fourth-order valence-electron chi connectivity index (χ4n) is 2.57. The summed E-state index contributed by atoms with van der Waals surface area (Å²) in [6.07, 6.45) is 0. The zero-order valence-corrected chi connectivity index (χ0v) is 12.8. The summed E-state index contributed by atoms with van der Waals surface area (Å²) in [5.41, 5.74) is 1.54. The van der Waals surface area contributed by atoms with Crippen LogP contribution in [0.2, 0.25) is 0 Å². The molecule has 0 unspecified atom stereocenters. The zero-order valence-electron chi connectivity index (χ0n) is 12.8. The number of hydrogen-bond acceptors (Lipinski definition) is 3. The molecule has 0 bridgehead atoms. The van der Waals surface area contributed by atoms with Gasteiger partial charge in [0, 0.05) is 12.4 Å². The molecule has 0 aliphatic heterocycles. The molecule has 2 aromatic heterocycles. The molecule has 2 heterocycles. The van der Waals surface area contributed by atoms with Crippen LogP contribution in [-0.4, -0.2) is 17.6 Å². The minimum Gasteiger partial charge on any atom is -0.496 e. The Morgan fingerprint density at radius 2 is 2.14 bits per heavy atom. The largest absolute Gasteiger partial charge is 0.496 e. The van der Waals surface area contributed by atoms with Crippen LogP contribution in [0.25, 0.3) is 10.9 Å². The molecule has 0 saturated heterocycles. The van der Waals surface area contributed by atoms with Gasteiger partial charge in [-0.25, -0.2) is 0 Å². The monoisotopic (exact) mass is 298 g/mol. The van der Waals surface area contributed by atoms with E-state index in [0.717, 1.165) is 28.2 Å². The second kappa shape index (κ2) is 5.60. The summed E-state index contributed by atoms with van der Waals surface area (Å²) in [6, 6.07) is 11.3. The average molecular weight is 298 g/mol. The van der Waals surface area contributed by atoms with Gasteiger partial charge in [0.05, 0.1) is 19.2 Å². The lowest BCUT2D eigenvalue weighted by molar-refractivity contribution is 0.0940. The van der Waals surface area contributed by atoms with Crippen molar-refractivity contribution in [3.63, 3.8) is 0 Å². The first-order valence-electron chi connectivity index (χ1n) is 7.06. The molecule has 0 spiro atoms. The highest BCUT2D eigenvalue weighted by Gasteiger charge is 2.15. The Labute approximate surface area is 128 Å². The third kappa shape index (κ3) is 2.45. The average Bonchev–Trinajstić information content (AvgIpc) is 3.09. The minimum atomic E-state index is -0.144. The van der Waals surface area contributed by atoms with Gasteiger partial charge in [0.25, 0.3) is 5.91 Å². The summed E-state index contributed by atoms with van der Waals surface area (Å²) in [5, 5.41) is 3.80. The highest BCUT2D eigenvalue weighted by atomic mass is 16.5. The van der Waals surface area contributed by atoms with Gasteiger partial charge >= 0.3 is 0 Å². The van der Waals surface area contributed by atoms with Gasteiger partial charge in [0.2, 0.25) is 0 Å². The van der Waals surface area contributed by atoms with E-state index in [2.05, 4.69) is 5.32 Å². The van der Waals surface area contributed by atoms with Crippen molar-refractivity contribution in [2.24, 2.45) is 7.05 Å². The predicted molar refractivity (Wildman–Crippen MR) is 84.1 cm³/mol. The summed E-state index contributed by atoms with van der Waals surface area (Å²) in [6.45, 7) is 2.24. The number of fused-ring (bicyclic) bond motifs is 1. The number of carbonyl (C=O) groups excluding carboxylic acids is 1. The molecule has 114 valence electrons. The predicted octanol–water partition coefficient (Wildman–Crippen LogP) is 3.02. The van der Waals surface area contributed by atoms with Gasteiger partial charge in [0.15, 0.2) is 0 Å². The van der Waals surface area contributed by atoms with Crippen LogP contribution in [0.3, 0.4) is 0 Å². The normalized spacial score (nSPS) is 10.9.